The molecule has 0 unspecified atom stereocenters. The molecule has 2 aliphatic carbocycles. The first kappa shape index (κ1) is 23.9. The largest absolute Gasteiger partial charge is 0.396 e. The van der Waals surface area contributed by atoms with E-state index in [0.29, 0.717) is 24.5 Å². The average Bonchev–Trinajstić information content (AvgIpc) is 3.66. The number of aliphatic hydroxyl groups excluding tert-OH is 1. The molecule has 1 aliphatic heterocycles. The van der Waals surface area contributed by atoms with E-state index in [4.69, 9.17) is 4.74 Å². The Morgan fingerprint density at radius 3 is 2.14 bits per heavy atom. The molecule has 3 heterocycles. The number of benzene rings is 1. The van der Waals surface area contributed by atoms with Crippen molar-refractivity contribution in [2.75, 3.05) is 31.2 Å². The smallest absolute Gasteiger partial charge is 0.225 e. The highest BCUT2D eigenvalue weighted by molar-refractivity contribution is 7.14. The predicted octanol–water partition coefficient (Wildman–Crippen LogP) is 5.32. The van der Waals surface area contributed by atoms with Gasteiger partial charge in [-0.25, -0.2) is 9.97 Å². The van der Waals surface area contributed by atoms with E-state index in [1.165, 1.54) is 12.8 Å². The lowest BCUT2D eigenvalue weighted by atomic mass is 9.83. The Labute approximate surface area is 217 Å². The molecule has 0 atom stereocenters. The molecule has 2 aromatic heterocycles. The van der Waals surface area contributed by atoms with E-state index >= 15 is 0 Å². The zero-order valence-corrected chi connectivity index (χ0v) is 21.6. The van der Waals surface area contributed by atoms with Gasteiger partial charge in [0.05, 0.1) is 6.10 Å². The minimum absolute atomic E-state index is 0.308. The molecule has 36 heavy (non-hydrogen) atoms. The zero-order chi connectivity index (χ0) is 24.3. The van der Waals surface area contributed by atoms with Gasteiger partial charge in [-0.15, -0.1) is 10.2 Å². The summed E-state index contributed by atoms with van der Waals surface area (Å²) in [6.45, 7) is 3.16. The van der Waals surface area contributed by atoms with Gasteiger partial charge < -0.3 is 14.7 Å². The van der Waals surface area contributed by atoms with Gasteiger partial charge in [0.1, 0.15) is 10.0 Å². The van der Waals surface area contributed by atoms with Crippen molar-refractivity contribution >= 4 is 17.3 Å². The molecular weight excluding hydrogens is 470 g/mol. The van der Waals surface area contributed by atoms with Crippen molar-refractivity contribution in [1.82, 2.24) is 20.2 Å². The quantitative estimate of drug-likeness (QED) is 0.443. The van der Waals surface area contributed by atoms with Gasteiger partial charge in [-0.3, -0.25) is 0 Å². The number of aliphatic hydroxyl groups is 1. The van der Waals surface area contributed by atoms with E-state index in [1.807, 2.05) is 12.4 Å². The summed E-state index contributed by atoms with van der Waals surface area (Å²) in [5, 5.41) is 20.5. The molecule has 0 amide bonds. The highest BCUT2D eigenvalue weighted by atomic mass is 32.1. The number of rotatable bonds is 8. The van der Waals surface area contributed by atoms with Gasteiger partial charge in [-0.05, 0) is 68.8 Å². The summed E-state index contributed by atoms with van der Waals surface area (Å²) in [6.07, 6.45) is 13.4. The van der Waals surface area contributed by atoms with Crippen LogP contribution in [0.4, 0.5) is 5.95 Å². The molecule has 0 radical (unpaired) electrons. The molecule has 6 rings (SSSR count). The fourth-order valence-corrected chi connectivity index (χ4v) is 6.34. The minimum Gasteiger partial charge on any atom is -0.396 e. The zero-order valence-electron chi connectivity index (χ0n) is 20.8. The molecule has 8 heteroatoms. The van der Waals surface area contributed by atoms with Crippen molar-refractivity contribution in [2.24, 2.45) is 11.8 Å². The van der Waals surface area contributed by atoms with Crippen LogP contribution in [0.5, 0.6) is 0 Å². The van der Waals surface area contributed by atoms with Gasteiger partial charge in [-0.2, -0.15) is 0 Å². The van der Waals surface area contributed by atoms with Gasteiger partial charge in [0.25, 0.3) is 0 Å². The summed E-state index contributed by atoms with van der Waals surface area (Å²) in [5.41, 5.74) is 3.21. The summed E-state index contributed by atoms with van der Waals surface area (Å²) in [7, 11) is 0. The molecule has 0 spiro atoms. The number of anilines is 1. The topological polar surface area (TPSA) is 84.3 Å². The molecule has 7 nitrogen and oxygen atoms in total. The first-order valence-electron chi connectivity index (χ1n) is 13.5. The molecule has 2 saturated carbocycles. The van der Waals surface area contributed by atoms with Crippen LogP contribution >= 0.6 is 11.3 Å². The highest BCUT2D eigenvalue weighted by Crippen LogP contribution is 2.38. The Balaban J connectivity index is 1.04. The van der Waals surface area contributed by atoms with Gasteiger partial charge in [0.15, 0.2) is 0 Å². The fraction of sp³-hybridized carbons (Fsp3) is 0.571. The second kappa shape index (κ2) is 10.9. The van der Waals surface area contributed by atoms with Gasteiger partial charge >= 0.3 is 0 Å². The SMILES string of the molecule is OC[C@H]1CC[C@H](c2nnc(-c3ccc(-c4cnc(N5CCC(OCC6CC6)CC5)nc4)cc3)s2)CC1. The maximum absolute atomic E-state index is 9.38. The first-order chi connectivity index (χ1) is 17.7. The van der Waals surface area contributed by atoms with Crippen LogP contribution < -0.4 is 4.90 Å². The average molecular weight is 506 g/mol. The maximum Gasteiger partial charge on any atom is 0.225 e. The summed E-state index contributed by atoms with van der Waals surface area (Å²) >= 11 is 1.70. The van der Waals surface area contributed by atoms with Crippen molar-refractivity contribution in [2.45, 2.75) is 63.4 Å². The Hall–Kier alpha value is -2.42. The molecule has 0 bridgehead atoms. The van der Waals surface area contributed by atoms with E-state index < -0.39 is 0 Å². The minimum atomic E-state index is 0.308. The predicted molar refractivity (Wildman–Crippen MR) is 142 cm³/mol. The number of nitrogens with zero attached hydrogens (tertiary/aromatic N) is 5. The lowest BCUT2D eigenvalue weighted by Crippen LogP contribution is -2.38. The summed E-state index contributed by atoms with van der Waals surface area (Å²) in [4.78, 5) is 11.6. The third-order valence-corrected chi connectivity index (χ3v) is 9.12. The number of hydrogen-bond donors (Lipinski definition) is 1. The summed E-state index contributed by atoms with van der Waals surface area (Å²) < 4.78 is 6.07. The lowest BCUT2D eigenvalue weighted by molar-refractivity contribution is 0.0303. The molecule has 3 fully saturated rings. The third-order valence-electron chi connectivity index (χ3n) is 7.99. The fourth-order valence-electron chi connectivity index (χ4n) is 5.33. The van der Waals surface area contributed by atoms with E-state index in [1.54, 1.807) is 11.3 Å². The van der Waals surface area contributed by atoms with Crippen molar-refractivity contribution in [3.8, 4) is 21.7 Å². The molecule has 3 aromatic rings. The van der Waals surface area contributed by atoms with Crippen LogP contribution in [0.25, 0.3) is 21.7 Å². The van der Waals surface area contributed by atoms with Crippen LogP contribution in [0.1, 0.15) is 62.3 Å². The van der Waals surface area contributed by atoms with E-state index in [0.717, 1.165) is 96.8 Å². The number of aromatic nitrogens is 4. The monoisotopic (exact) mass is 505 g/mol. The molecule has 1 saturated heterocycles. The number of hydrogen-bond acceptors (Lipinski definition) is 8. The van der Waals surface area contributed by atoms with Crippen LogP contribution in [-0.4, -0.2) is 57.7 Å². The Bertz CT molecular complexity index is 1120. The summed E-state index contributed by atoms with van der Waals surface area (Å²) in [6, 6.07) is 8.46. The molecule has 1 aromatic carbocycles. The van der Waals surface area contributed by atoms with Gasteiger partial charge in [-0.1, -0.05) is 35.6 Å². The molecule has 3 aliphatic rings. The van der Waals surface area contributed by atoms with Crippen molar-refractivity contribution in [3.63, 3.8) is 0 Å². The standard InChI is InChI=1S/C28H35N5O2S/c34-17-19-3-5-22(6-4-19)26-31-32-27(36-26)23-9-7-21(8-10-23)24-15-29-28(30-16-24)33-13-11-25(12-14-33)35-18-20-1-2-20/h7-10,15-16,19-20,22,25,34H,1-6,11-14,17-18H2/t19-,22-. The lowest BCUT2D eigenvalue weighted by Gasteiger charge is -2.32. The second-order valence-corrected chi connectivity index (χ2v) is 11.7. The van der Waals surface area contributed by atoms with E-state index in [9.17, 15) is 5.11 Å². The first-order valence-corrected chi connectivity index (χ1v) is 14.3. The van der Waals surface area contributed by atoms with Crippen LogP contribution in [0.2, 0.25) is 0 Å². The van der Waals surface area contributed by atoms with Crippen LogP contribution in [0.15, 0.2) is 36.7 Å². The van der Waals surface area contributed by atoms with E-state index in [-0.39, 0.29) is 0 Å². The molecule has 190 valence electrons. The van der Waals surface area contributed by atoms with Crippen molar-refractivity contribution in [1.29, 1.82) is 0 Å². The Kier molecular flexibility index (Phi) is 7.26. The summed E-state index contributed by atoms with van der Waals surface area (Å²) in [5.74, 6) is 2.58. The molecular formula is C28H35N5O2S. The van der Waals surface area contributed by atoms with E-state index in [2.05, 4.69) is 49.3 Å². The highest BCUT2D eigenvalue weighted by Gasteiger charge is 2.27. The number of piperidine rings is 1. The normalized spacial score (nSPS) is 23.2. The number of ether oxygens (including phenoxy) is 1. The Morgan fingerprint density at radius 2 is 1.47 bits per heavy atom. The van der Waals surface area contributed by atoms with Gasteiger partial charge in [0.2, 0.25) is 5.95 Å². The van der Waals surface area contributed by atoms with Gasteiger partial charge in [0, 0.05) is 55.7 Å². The second-order valence-electron chi connectivity index (χ2n) is 10.7. The Morgan fingerprint density at radius 1 is 0.806 bits per heavy atom. The van der Waals surface area contributed by atoms with Crippen LogP contribution in [0.3, 0.4) is 0 Å². The maximum atomic E-state index is 9.38. The van der Waals surface area contributed by atoms with Crippen LogP contribution in [-0.2, 0) is 4.74 Å². The van der Waals surface area contributed by atoms with Crippen molar-refractivity contribution < 1.29 is 9.84 Å². The van der Waals surface area contributed by atoms with Crippen molar-refractivity contribution in [3.05, 3.63) is 41.7 Å². The third kappa shape index (κ3) is 5.61. The molecule has 1 N–H and O–H groups in total. The van der Waals surface area contributed by atoms with Crippen LogP contribution in [0, 0.1) is 11.8 Å².